The molecule has 1 saturated heterocycles. The maximum Gasteiger partial charge on any atom is 0.253 e. The van der Waals surface area contributed by atoms with Gasteiger partial charge in [-0.1, -0.05) is 48.9 Å². The summed E-state index contributed by atoms with van der Waals surface area (Å²) in [6.45, 7) is 3.93. The zero-order valence-corrected chi connectivity index (χ0v) is 15.8. The first-order valence-electron chi connectivity index (χ1n) is 9.58. The van der Waals surface area contributed by atoms with Gasteiger partial charge in [0.25, 0.3) is 5.91 Å². The van der Waals surface area contributed by atoms with E-state index in [1.807, 2.05) is 36.4 Å². The Labute approximate surface area is 160 Å². The van der Waals surface area contributed by atoms with Gasteiger partial charge in [0.15, 0.2) is 0 Å². The van der Waals surface area contributed by atoms with Crippen LogP contribution in [-0.4, -0.2) is 35.8 Å². The smallest absolute Gasteiger partial charge is 0.253 e. The number of carbonyl (C=O) groups excluding carboxylic acids is 2. The Morgan fingerprint density at radius 2 is 1.78 bits per heavy atom. The molecule has 1 heterocycles. The summed E-state index contributed by atoms with van der Waals surface area (Å²) in [7, 11) is 0. The van der Waals surface area contributed by atoms with Crippen LogP contribution in [0, 0.1) is 0 Å². The van der Waals surface area contributed by atoms with Crippen molar-refractivity contribution < 1.29 is 9.59 Å². The minimum absolute atomic E-state index is 0.0768. The summed E-state index contributed by atoms with van der Waals surface area (Å²) >= 11 is 0. The van der Waals surface area contributed by atoms with Crippen molar-refractivity contribution in [2.45, 2.75) is 38.8 Å². The number of rotatable bonds is 6. The van der Waals surface area contributed by atoms with Gasteiger partial charge >= 0.3 is 0 Å². The lowest BCUT2D eigenvalue weighted by atomic mass is 10.0. The largest absolute Gasteiger partial charge is 0.348 e. The van der Waals surface area contributed by atoms with E-state index in [1.54, 1.807) is 18.2 Å². The molecule has 5 nitrogen and oxygen atoms in total. The molecule has 1 fully saturated rings. The fourth-order valence-electron chi connectivity index (χ4n) is 3.43. The van der Waals surface area contributed by atoms with Gasteiger partial charge in [-0.15, -0.1) is 0 Å². The molecule has 1 aliphatic rings. The minimum Gasteiger partial charge on any atom is -0.348 e. The molecule has 0 radical (unpaired) electrons. The van der Waals surface area contributed by atoms with Crippen LogP contribution in [-0.2, 0) is 11.3 Å². The van der Waals surface area contributed by atoms with E-state index in [0.29, 0.717) is 30.4 Å². The molecule has 2 aromatic rings. The van der Waals surface area contributed by atoms with Gasteiger partial charge in [-0.05, 0) is 44.0 Å². The van der Waals surface area contributed by atoms with Gasteiger partial charge in [0.1, 0.15) is 0 Å². The summed E-state index contributed by atoms with van der Waals surface area (Å²) in [5.41, 5.74) is 2.07. The summed E-state index contributed by atoms with van der Waals surface area (Å²) in [5.74, 6) is -0.270. The summed E-state index contributed by atoms with van der Waals surface area (Å²) in [6, 6.07) is 17.3. The summed E-state index contributed by atoms with van der Waals surface area (Å²) in [5, 5.41) is 5.83. The van der Waals surface area contributed by atoms with Crippen LogP contribution in [0.3, 0.4) is 0 Å². The molecule has 142 valence electrons. The maximum absolute atomic E-state index is 12.6. The first-order valence-corrected chi connectivity index (χ1v) is 9.58. The number of carbonyl (C=O) groups is 2. The molecule has 2 aromatic carbocycles. The van der Waals surface area contributed by atoms with Crippen LogP contribution in [0.4, 0.5) is 5.69 Å². The second kappa shape index (κ2) is 9.33. The van der Waals surface area contributed by atoms with E-state index in [9.17, 15) is 9.59 Å². The molecule has 0 bridgehead atoms. The number of nitrogens with one attached hydrogen (secondary N) is 2. The van der Waals surface area contributed by atoms with Crippen LogP contribution < -0.4 is 10.6 Å². The lowest BCUT2D eigenvalue weighted by molar-refractivity contribution is -0.118. The van der Waals surface area contributed by atoms with E-state index in [-0.39, 0.29) is 11.8 Å². The third-order valence-electron chi connectivity index (χ3n) is 5.03. The predicted octanol–water partition coefficient (Wildman–Crippen LogP) is 3.43. The number of likely N-dealkylation sites (tertiary alicyclic amines) is 1. The second-order valence-electron chi connectivity index (χ2n) is 7.08. The number of piperidine rings is 1. The molecule has 3 rings (SSSR count). The summed E-state index contributed by atoms with van der Waals surface area (Å²) in [6.07, 6.45) is 3.49. The quantitative estimate of drug-likeness (QED) is 0.824. The van der Waals surface area contributed by atoms with E-state index < -0.39 is 0 Å². The normalized spacial score (nSPS) is 17.3. The zero-order valence-electron chi connectivity index (χ0n) is 15.8. The first kappa shape index (κ1) is 19.1. The number of para-hydroxylation sites is 1. The Morgan fingerprint density at radius 1 is 1.04 bits per heavy atom. The monoisotopic (exact) mass is 365 g/mol. The molecule has 0 spiro atoms. The van der Waals surface area contributed by atoms with E-state index in [0.717, 1.165) is 24.9 Å². The maximum atomic E-state index is 12.6. The predicted molar refractivity (Wildman–Crippen MR) is 108 cm³/mol. The fraction of sp³-hybridized carbons (Fsp3) is 0.364. The average Bonchev–Trinajstić information content (AvgIpc) is 2.69. The number of anilines is 1. The Kier molecular flexibility index (Phi) is 6.60. The van der Waals surface area contributed by atoms with Crippen molar-refractivity contribution in [2.24, 2.45) is 0 Å². The Bertz CT molecular complexity index is 776. The van der Waals surface area contributed by atoms with Crippen LogP contribution in [0.1, 0.15) is 42.1 Å². The highest BCUT2D eigenvalue weighted by Gasteiger charge is 2.21. The molecule has 1 atom stereocenters. The molecular formula is C22H27N3O2. The van der Waals surface area contributed by atoms with Crippen molar-refractivity contribution in [3.05, 3.63) is 65.7 Å². The molecule has 2 N–H and O–H groups in total. The van der Waals surface area contributed by atoms with Gasteiger partial charge in [0, 0.05) is 12.6 Å². The fourth-order valence-corrected chi connectivity index (χ4v) is 3.43. The molecule has 5 heteroatoms. The second-order valence-corrected chi connectivity index (χ2v) is 7.08. The van der Waals surface area contributed by atoms with Crippen LogP contribution in [0.25, 0.3) is 0 Å². The van der Waals surface area contributed by atoms with E-state index in [1.165, 1.54) is 6.42 Å². The molecule has 0 saturated carbocycles. The lowest BCUT2D eigenvalue weighted by Crippen LogP contribution is -2.42. The number of hydrogen-bond acceptors (Lipinski definition) is 3. The molecule has 0 aromatic heterocycles. The number of hydrogen-bond donors (Lipinski definition) is 2. The van der Waals surface area contributed by atoms with Crippen molar-refractivity contribution in [1.82, 2.24) is 10.2 Å². The summed E-state index contributed by atoms with van der Waals surface area (Å²) in [4.78, 5) is 27.3. The Hall–Kier alpha value is -2.66. The van der Waals surface area contributed by atoms with Gasteiger partial charge in [0.05, 0.1) is 17.8 Å². The molecule has 2 amide bonds. The van der Waals surface area contributed by atoms with Crippen molar-refractivity contribution in [3.8, 4) is 0 Å². The van der Waals surface area contributed by atoms with Gasteiger partial charge in [-0.25, -0.2) is 0 Å². The summed E-state index contributed by atoms with van der Waals surface area (Å²) < 4.78 is 0. The third kappa shape index (κ3) is 5.41. The number of benzene rings is 2. The van der Waals surface area contributed by atoms with Gasteiger partial charge in [0.2, 0.25) is 5.91 Å². The van der Waals surface area contributed by atoms with Crippen molar-refractivity contribution in [3.63, 3.8) is 0 Å². The molecular weight excluding hydrogens is 338 g/mol. The number of amides is 2. The average molecular weight is 365 g/mol. The lowest BCUT2D eigenvalue weighted by Gasteiger charge is -2.32. The van der Waals surface area contributed by atoms with Crippen LogP contribution >= 0.6 is 0 Å². The van der Waals surface area contributed by atoms with E-state index in [2.05, 4.69) is 22.5 Å². The van der Waals surface area contributed by atoms with E-state index >= 15 is 0 Å². The highest BCUT2D eigenvalue weighted by Crippen LogP contribution is 2.18. The highest BCUT2D eigenvalue weighted by atomic mass is 16.2. The van der Waals surface area contributed by atoms with Crippen molar-refractivity contribution in [1.29, 1.82) is 0 Å². The molecule has 0 unspecified atom stereocenters. The van der Waals surface area contributed by atoms with Crippen molar-refractivity contribution in [2.75, 3.05) is 18.4 Å². The standard InChI is InChI=1S/C22H27N3O2/c1-17-9-7-8-14-25(17)16-21(26)24-20-13-6-5-12-19(20)22(27)23-15-18-10-3-2-4-11-18/h2-6,10-13,17H,7-9,14-16H2,1H3,(H,23,27)(H,24,26)/t17-/m1/s1. The van der Waals surface area contributed by atoms with E-state index in [4.69, 9.17) is 0 Å². The Morgan fingerprint density at radius 3 is 2.56 bits per heavy atom. The topological polar surface area (TPSA) is 61.4 Å². The van der Waals surface area contributed by atoms with Crippen molar-refractivity contribution >= 4 is 17.5 Å². The van der Waals surface area contributed by atoms with Crippen LogP contribution in [0.2, 0.25) is 0 Å². The number of nitrogens with zero attached hydrogens (tertiary/aromatic N) is 1. The minimum atomic E-state index is -0.193. The zero-order chi connectivity index (χ0) is 19.1. The SMILES string of the molecule is C[C@@H]1CCCCN1CC(=O)Nc1ccccc1C(=O)NCc1ccccc1. The molecule has 27 heavy (non-hydrogen) atoms. The van der Waals surface area contributed by atoms with Crippen LogP contribution in [0.5, 0.6) is 0 Å². The molecule has 0 aliphatic carbocycles. The highest BCUT2D eigenvalue weighted by molar-refractivity contribution is 6.04. The Balaban J connectivity index is 1.61. The third-order valence-corrected chi connectivity index (χ3v) is 5.03. The van der Waals surface area contributed by atoms with Gasteiger partial charge < -0.3 is 10.6 Å². The molecule has 1 aliphatic heterocycles. The van der Waals surface area contributed by atoms with Crippen LogP contribution in [0.15, 0.2) is 54.6 Å². The van der Waals surface area contributed by atoms with Gasteiger partial charge in [-0.2, -0.15) is 0 Å². The van der Waals surface area contributed by atoms with Gasteiger partial charge in [-0.3, -0.25) is 14.5 Å². The first-order chi connectivity index (χ1) is 13.1.